The molecule has 0 saturated carbocycles. The third kappa shape index (κ3) is 7.47. The van der Waals surface area contributed by atoms with Gasteiger partial charge >= 0.3 is 0 Å². The van der Waals surface area contributed by atoms with Crippen LogP contribution in [0.5, 0.6) is 5.88 Å². The van der Waals surface area contributed by atoms with Gasteiger partial charge in [-0.2, -0.15) is 10.2 Å². The van der Waals surface area contributed by atoms with Crippen LogP contribution in [0.1, 0.15) is 54.9 Å². The number of amides is 2. The molecular weight excluding hydrogens is 675 g/mol. The highest BCUT2D eigenvalue weighted by atomic mass is 32.2. The van der Waals surface area contributed by atoms with Crippen molar-refractivity contribution in [2.75, 3.05) is 44.2 Å². The molecule has 0 aliphatic carbocycles. The van der Waals surface area contributed by atoms with Gasteiger partial charge in [0.2, 0.25) is 17.7 Å². The Labute approximate surface area is 310 Å². The Morgan fingerprint density at radius 2 is 1.83 bits per heavy atom. The number of nitrogens with zero attached hydrogens (tertiary/aromatic N) is 7. The Hall–Kier alpha value is -5.01. The molecule has 5 heterocycles. The summed E-state index contributed by atoms with van der Waals surface area (Å²) in [7, 11) is 0. The topological polar surface area (TPSA) is 134 Å². The summed E-state index contributed by atoms with van der Waals surface area (Å²) in [5.41, 5.74) is 6.00. The molecule has 1 atom stereocenters. The molecule has 2 aromatic carbocycles. The van der Waals surface area contributed by atoms with Crippen LogP contribution in [0.25, 0.3) is 39.1 Å². The Kier molecular flexibility index (Phi) is 9.43. The van der Waals surface area contributed by atoms with Gasteiger partial charge in [0, 0.05) is 66.7 Å². The lowest BCUT2D eigenvalue weighted by atomic mass is 9.98. The zero-order chi connectivity index (χ0) is 38.2. The molecule has 1 fully saturated rings. The zero-order valence-corrected chi connectivity index (χ0v) is 30.9. The molecule has 5 aromatic rings. The third-order valence-corrected chi connectivity index (χ3v) is 10.8. The molecule has 3 aromatic heterocycles. The number of aromatic nitrogens is 6. The Morgan fingerprint density at radius 3 is 2.50 bits per heavy atom. The first-order valence-electron chi connectivity index (χ1n) is 18.6. The van der Waals surface area contributed by atoms with E-state index in [-0.39, 0.29) is 31.1 Å². The van der Waals surface area contributed by atoms with Crippen LogP contribution in [-0.4, -0.2) is 101 Å². The number of thioether (sulfide) groups is 1. The predicted octanol–water partition coefficient (Wildman–Crippen LogP) is 6.31. The van der Waals surface area contributed by atoms with Gasteiger partial charge in [-0.15, -0.1) is 11.8 Å². The van der Waals surface area contributed by atoms with Gasteiger partial charge in [-0.1, -0.05) is 30.3 Å². The summed E-state index contributed by atoms with van der Waals surface area (Å²) >= 11 is 1.38. The van der Waals surface area contributed by atoms with Crippen LogP contribution in [0.2, 0.25) is 0 Å². The number of fused-ring (bicyclic) bond motifs is 1. The second kappa shape index (κ2) is 14.9. The highest BCUT2D eigenvalue weighted by Crippen LogP contribution is 2.36. The van der Waals surface area contributed by atoms with Crippen molar-refractivity contribution in [2.45, 2.75) is 57.4 Å². The SMILES string of the molecule is [2H]C([2H])(C(=O)N1CC=C(c2ccc(-c3ncn(C(C)C)n3)cc2)CC1)N1CC[C@@](SC)(C(=O)Nc2ccc3[nH]nc(-c4ccc(OC(C)C)nc4)c3c2)C1. The maximum absolute atomic E-state index is 13.9. The standard InChI is InChI=1S/C39H45N9O3S/c1-25(2)48-24-41-37(45-48)29-8-6-27(7-9-29)28-14-17-47(18-15-28)35(49)22-46-19-16-39(23-46,52-5)38(50)42-31-11-12-33-32(20-31)36(44-43-33)30-10-13-34(40-21-30)51-26(3)4/h6-14,20-21,24-26H,15-19,22-23H2,1-5H3,(H,42,50)(H,43,44)/t39-/m0/s1/i22D2. The maximum atomic E-state index is 13.9. The molecule has 1 saturated heterocycles. The second-order valence-electron chi connectivity index (χ2n) is 13.8. The van der Waals surface area contributed by atoms with Crippen molar-refractivity contribution in [3.63, 3.8) is 0 Å². The van der Waals surface area contributed by atoms with E-state index < -0.39 is 17.2 Å². The fraction of sp³-hybridized carbons (Fsp3) is 0.385. The lowest BCUT2D eigenvalue weighted by Crippen LogP contribution is -2.45. The van der Waals surface area contributed by atoms with E-state index in [0.29, 0.717) is 49.0 Å². The van der Waals surface area contributed by atoms with E-state index >= 15 is 0 Å². The molecule has 0 bridgehead atoms. The van der Waals surface area contributed by atoms with Gasteiger partial charge in [-0.25, -0.2) is 14.6 Å². The van der Waals surface area contributed by atoms with Crippen LogP contribution in [0.15, 0.2) is 73.2 Å². The molecule has 0 unspecified atom stereocenters. The van der Waals surface area contributed by atoms with Crippen molar-refractivity contribution in [2.24, 2.45) is 0 Å². The van der Waals surface area contributed by atoms with Crippen molar-refractivity contribution in [3.05, 3.63) is 78.8 Å². The van der Waals surface area contributed by atoms with Gasteiger partial charge in [0.05, 0.1) is 20.9 Å². The maximum Gasteiger partial charge on any atom is 0.241 e. The van der Waals surface area contributed by atoms with Gasteiger partial charge in [-0.3, -0.25) is 19.6 Å². The van der Waals surface area contributed by atoms with E-state index in [1.807, 2.05) is 85.5 Å². The summed E-state index contributed by atoms with van der Waals surface area (Å²) in [6.07, 6.45) is 8.32. The molecule has 270 valence electrons. The van der Waals surface area contributed by atoms with E-state index in [9.17, 15) is 9.59 Å². The number of anilines is 1. The van der Waals surface area contributed by atoms with Crippen molar-refractivity contribution >= 4 is 45.7 Å². The summed E-state index contributed by atoms with van der Waals surface area (Å²) in [5.74, 6) is 0.385. The fourth-order valence-corrected chi connectivity index (χ4v) is 7.34. The molecule has 0 radical (unpaired) electrons. The Balaban J connectivity index is 0.989. The molecule has 0 spiro atoms. The normalized spacial score (nSPS) is 18.8. The lowest BCUT2D eigenvalue weighted by molar-refractivity contribution is -0.132. The summed E-state index contributed by atoms with van der Waals surface area (Å²) in [6, 6.07) is 17.6. The van der Waals surface area contributed by atoms with Gasteiger partial charge < -0.3 is 15.0 Å². The van der Waals surface area contributed by atoms with Crippen molar-refractivity contribution < 1.29 is 17.1 Å². The molecule has 12 nitrogen and oxygen atoms in total. The third-order valence-electron chi connectivity index (χ3n) is 9.52. The number of rotatable bonds is 11. The van der Waals surface area contributed by atoms with Crippen LogP contribution in [0.4, 0.5) is 5.69 Å². The number of likely N-dealkylation sites (tertiary alicyclic amines) is 1. The number of benzene rings is 2. The van der Waals surface area contributed by atoms with Crippen LogP contribution in [-0.2, 0) is 9.59 Å². The highest BCUT2D eigenvalue weighted by Gasteiger charge is 2.44. The average Bonchev–Trinajstić information content (AvgIpc) is 3.95. The van der Waals surface area contributed by atoms with Gasteiger partial charge in [0.15, 0.2) is 5.82 Å². The average molecular weight is 722 g/mol. The molecule has 13 heteroatoms. The first-order valence-corrected chi connectivity index (χ1v) is 18.8. The second-order valence-corrected chi connectivity index (χ2v) is 15.0. The van der Waals surface area contributed by atoms with Gasteiger partial charge in [0.1, 0.15) is 16.8 Å². The van der Waals surface area contributed by atoms with E-state index in [0.717, 1.165) is 33.2 Å². The van der Waals surface area contributed by atoms with E-state index in [2.05, 4.69) is 44.4 Å². The summed E-state index contributed by atoms with van der Waals surface area (Å²) in [5, 5.41) is 16.0. The number of aromatic amines is 1. The van der Waals surface area contributed by atoms with Gasteiger partial charge in [0.25, 0.3) is 0 Å². The zero-order valence-electron chi connectivity index (χ0n) is 32.1. The first kappa shape index (κ1) is 32.9. The lowest BCUT2D eigenvalue weighted by Gasteiger charge is -2.29. The minimum absolute atomic E-state index is 0.0128. The fourth-order valence-electron chi connectivity index (χ4n) is 6.52. The van der Waals surface area contributed by atoms with Gasteiger partial charge in [-0.05, 0) is 82.2 Å². The van der Waals surface area contributed by atoms with Crippen LogP contribution in [0.3, 0.4) is 0 Å². The Bertz CT molecular complexity index is 2180. The number of carbonyl (C=O) groups excluding carboxylic acids is 2. The number of carbonyl (C=O) groups is 2. The van der Waals surface area contributed by atoms with E-state index in [1.165, 1.54) is 16.7 Å². The molecule has 52 heavy (non-hydrogen) atoms. The molecular formula is C39H45N9O3S. The minimum atomic E-state index is -2.27. The van der Waals surface area contributed by atoms with Crippen LogP contribution < -0.4 is 10.1 Å². The largest absolute Gasteiger partial charge is 0.475 e. The van der Waals surface area contributed by atoms with Crippen LogP contribution >= 0.6 is 11.8 Å². The monoisotopic (exact) mass is 721 g/mol. The minimum Gasteiger partial charge on any atom is -0.475 e. The summed E-state index contributed by atoms with van der Waals surface area (Å²) in [6.45, 7) is 6.81. The first-order chi connectivity index (χ1) is 25.9. The van der Waals surface area contributed by atoms with Crippen molar-refractivity contribution in [3.8, 4) is 28.5 Å². The number of hydrogen-bond donors (Lipinski definition) is 2. The van der Waals surface area contributed by atoms with Crippen LogP contribution in [0, 0.1) is 0 Å². The predicted molar refractivity (Wildman–Crippen MR) is 206 cm³/mol. The molecule has 2 aliphatic rings. The summed E-state index contributed by atoms with van der Waals surface area (Å²) < 4.78 is 24.5. The quantitative estimate of drug-likeness (QED) is 0.161. The number of pyridine rings is 1. The van der Waals surface area contributed by atoms with Crippen molar-refractivity contribution in [1.82, 2.24) is 39.7 Å². The smallest absolute Gasteiger partial charge is 0.241 e. The molecule has 2 aliphatic heterocycles. The number of ether oxygens (including phenoxy) is 1. The molecule has 7 rings (SSSR count). The number of H-pyrrole nitrogens is 1. The Morgan fingerprint density at radius 1 is 1.04 bits per heavy atom. The van der Waals surface area contributed by atoms with E-state index in [4.69, 9.17) is 7.48 Å². The molecule has 2 N–H and O–H groups in total. The summed E-state index contributed by atoms with van der Waals surface area (Å²) in [4.78, 5) is 39.6. The number of hydrogen-bond acceptors (Lipinski definition) is 9. The highest BCUT2D eigenvalue weighted by molar-refractivity contribution is 8.00. The number of nitrogens with one attached hydrogen (secondary N) is 2. The van der Waals surface area contributed by atoms with Crippen molar-refractivity contribution in [1.29, 1.82) is 0 Å². The molecule has 2 amide bonds. The van der Waals surface area contributed by atoms with E-state index in [1.54, 1.807) is 17.4 Å².